The van der Waals surface area contributed by atoms with Gasteiger partial charge in [-0.25, -0.2) is 4.98 Å². The zero-order valence-electron chi connectivity index (χ0n) is 17.7. The summed E-state index contributed by atoms with van der Waals surface area (Å²) >= 11 is 5.92. The van der Waals surface area contributed by atoms with E-state index in [1.54, 1.807) is 36.4 Å². The second kappa shape index (κ2) is 9.17. The summed E-state index contributed by atoms with van der Waals surface area (Å²) in [4.78, 5) is 30.3. The van der Waals surface area contributed by atoms with E-state index in [-0.39, 0.29) is 5.69 Å². The Morgan fingerprint density at radius 1 is 0.735 bits per heavy atom. The summed E-state index contributed by atoms with van der Waals surface area (Å²) in [6.07, 6.45) is 0. The van der Waals surface area contributed by atoms with E-state index in [0.717, 1.165) is 11.1 Å². The first-order valence-corrected chi connectivity index (χ1v) is 10.8. The van der Waals surface area contributed by atoms with Crippen molar-refractivity contribution in [3.05, 3.63) is 107 Å². The van der Waals surface area contributed by atoms with Crippen molar-refractivity contribution in [3.63, 3.8) is 0 Å². The number of hydrazine groups is 1. The molecule has 0 bridgehead atoms. The summed E-state index contributed by atoms with van der Waals surface area (Å²) in [6.45, 7) is 0. The maximum atomic E-state index is 13.0. The Labute approximate surface area is 199 Å². The number of nitrogens with zero attached hydrogens (tertiary/aromatic N) is 2. The van der Waals surface area contributed by atoms with Crippen LogP contribution in [0.4, 0.5) is 0 Å². The van der Waals surface area contributed by atoms with Crippen molar-refractivity contribution in [1.82, 2.24) is 26.0 Å². The number of H-pyrrole nitrogens is 1. The summed E-state index contributed by atoms with van der Waals surface area (Å²) in [6, 6.07) is 27.4. The number of fused-ring (bicyclic) bond motifs is 1. The van der Waals surface area contributed by atoms with Gasteiger partial charge in [-0.2, -0.15) is 5.10 Å². The first-order valence-electron chi connectivity index (χ1n) is 10.5. The summed E-state index contributed by atoms with van der Waals surface area (Å²) in [7, 11) is 0. The molecular weight excluding hydrogens is 450 g/mol. The lowest BCUT2D eigenvalue weighted by molar-refractivity contribution is 0.0845. The van der Waals surface area contributed by atoms with E-state index in [2.05, 4.69) is 26.0 Å². The molecule has 3 aromatic carbocycles. The average molecular weight is 468 g/mol. The summed E-state index contributed by atoms with van der Waals surface area (Å²) in [5.41, 5.74) is 9.16. The van der Waals surface area contributed by atoms with E-state index < -0.39 is 11.8 Å². The molecule has 2 aromatic heterocycles. The third-order valence-corrected chi connectivity index (χ3v) is 5.53. The number of amides is 2. The number of nitrogens with one attached hydrogen (secondary N) is 3. The monoisotopic (exact) mass is 467 g/mol. The lowest BCUT2D eigenvalue weighted by Gasteiger charge is -2.11. The molecule has 0 atom stereocenters. The number of aromatic amines is 1. The van der Waals surface area contributed by atoms with Gasteiger partial charge in [-0.15, -0.1) is 0 Å². The number of halogens is 1. The minimum atomic E-state index is -0.525. The smallest absolute Gasteiger partial charge is 0.272 e. The van der Waals surface area contributed by atoms with E-state index in [0.29, 0.717) is 32.9 Å². The topological polar surface area (TPSA) is 99.8 Å². The predicted octanol–water partition coefficient (Wildman–Crippen LogP) is 5.02. The number of hydrogen-bond donors (Lipinski definition) is 3. The molecule has 8 heteroatoms. The molecular formula is C26H18ClN5O2. The number of carbonyl (C=O) groups is 2. The van der Waals surface area contributed by atoms with Gasteiger partial charge in [-0.05, 0) is 30.3 Å². The van der Waals surface area contributed by atoms with E-state index >= 15 is 0 Å². The van der Waals surface area contributed by atoms with Crippen LogP contribution in [0.15, 0.2) is 91.0 Å². The number of para-hydroxylation sites is 1. The molecule has 7 nitrogen and oxygen atoms in total. The third kappa shape index (κ3) is 4.37. The van der Waals surface area contributed by atoms with Crippen LogP contribution in [0.3, 0.4) is 0 Å². The Morgan fingerprint density at radius 2 is 1.41 bits per heavy atom. The van der Waals surface area contributed by atoms with Crippen molar-refractivity contribution in [3.8, 4) is 22.5 Å². The molecule has 0 fully saturated rings. The fourth-order valence-electron chi connectivity index (χ4n) is 3.57. The normalized spacial score (nSPS) is 10.7. The van der Waals surface area contributed by atoms with Gasteiger partial charge in [0.15, 0.2) is 0 Å². The highest BCUT2D eigenvalue weighted by Gasteiger charge is 2.16. The zero-order chi connectivity index (χ0) is 23.5. The Bertz CT molecular complexity index is 1500. The average Bonchev–Trinajstić information content (AvgIpc) is 3.38. The SMILES string of the molecule is O=C(NNC(=O)c1cc(-c2ccccc2)nc2ccccc12)c1cc(-c2ccc(Cl)cc2)n[nH]1. The lowest BCUT2D eigenvalue weighted by atomic mass is 10.0. The van der Waals surface area contributed by atoms with Crippen LogP contribution in [0.1, 0.15) is 20.8 Å². The van der Waals surface area contributed by atoms with Gasteiger partial charge in [-0.3, -0.25) is 25.5 Å². The lowest BCUT2D eigenvalue weighted by Crippen LogP contribution is -2.41. The van der Waals surface area contributed by atoms with E-state index in [1.165, 1.54) is 0 Å². The van der Waals surface area contributed by atoms with Crippen LogP contribution in [-0.4, -0.2) is 27.0 Å². The van der Waals surface area contributed by atoms with E-state index in [1.807, 2.05) is 54.6 Å². The molecule has 2 heterocycles. The molecule has 0 aliphatic carbocycles. The highest BCUT2D eigenvalue weighted by atomic mass is 35.5. The molecule has 2 amide bonds. The molecule has 0 aliphatic heterocycles. The maximum Gasteiger partial charge on any atom is 0.287 e. The molecule has 34 heavy (non-hydrogen) atoms. The fraction of sp³-hybridized carbons (Fsp3) is 0. The van der Waals surface area contributed by atoms with Crippen molar-refractivity contribution < 1.29 is 9.59 Å². The van der Waals surface area contributed by atoms with Gasteiger partial charge in [-0.1, -0.05) is 72.3 Å². The van der Waals surface area contributed by atoms with Crippen molar-refractivity contribution in [2.45, 2.75) is 0 Å². The molecule has 5 rings (SSSR count). The van der Waals surface area contributed by atoms with Crippen LogP contribution >= 0.6 is 11.6 Å². The number of rotatable bonds is 4. The predicted molar refractivity (Wildman–Crippen MR) is 131 cm³/mol. The third-order valence-electron chi connectivity index (χ3n) is 5.28. The number of pyridine rings is 1. The van der Waals surface area contributed by atoms with Gasteiger partial charge >= 0.3 is 0 Å². The Kier molecular flexibility index (Phi) is 5.76. The second-order valence-electron chi connectivity index (χ2n) is 7.52. The molecule has 0 radical (unpaired) electrons. The van der Waals surface area contributed by atoms with Crippen LogP contribution < -0.4 is 10.9 Å². The standard InChI is InChI=1S/C26H18ClN5O2/c27-18-12-10-17(11-13-18)23-15-24(30-29-23)26(34)32-31-25(33)20-14-22(16-6-2-1-3-7-16)28-21-9-5-4-8-19(20)21/h1-15H,(H,29,30)(H,31,33)(H,32,34). The van der Waals surface area contributed by atoms with Crippen LogP contribution in [0.25, 0.3) is 33.4 Å². The van der Waals surface area contributed by atoms with Gasteiger partial charge in [0.25, 0.3) is 11.8 Å². The first kappa shape index (κ1) is 21.4. The summed E-state index contributed by atoms with van der Waals surface area (Å²) < 4.78 is 0. The van der Waals surface area contributed by atoms with Crippen LogP contribution in [0.2, 0.25) is 5.02 Å². The first-order chi connectivity index (χ1) is 16.6. The Balaban J connectivity index is 1.36. The highest BCUT2D eigenvalue weighted by Crippen LogP contribution is 2.25. The van der Waals surface area contributed by atoms with Crippen molar-refractivity contribution in [2.24, 2.45) is 0 Å². The van der Waals surface area contributed by atoms with Crippen molar-refractivity contribution in [2.75, 3.05) is 0 Å². The van der Waals surface area contributed by atoms with E-state index in [4.69, 9.17) is 11.6 Å². The van der Waals surface area contributed by atoms with Gasteiger partial charge in [0.2, 0.25) is 0 Å². The molecule has 166 valence electrons. The minimum absolute atomic E-state index is 0.204. The van der Waals surface area contributed by atoms with Gasteiger partial charge in [0.05, 0.1) is 22.5 Å². The summed E-state index contributed by atoms with van der Waals surface area (Å²) in [5, 5.41) is 8.14. The molecule has 0 saturated carbocycles. The quantitative estimate of drug-likeness (QED) is 0.323. The summed E-state index contributed by atoms with van der Waals surface area (Å²) in [5.74, 6) is -0.982. The number of carbonyl (C=O) groups excluding carboxylic acids is 2. The molecule has 0 saturated heterocycles. The van der Waals surface area contributed by atoms with Crippen molar-refractivity contribution >= 4 is 34.3 Å². The fourth-order valence-corrected chi connectivity index (χ4v) is 3.70. The van der Waals surface area contributed by atoms with Crippen molar-refractivity contribution in [1.29, 1.82) is 0 Å². The number of hydrogen-bond acceptors (Lipinski definition) is 4. The maximum absolute atomic E-state index is 13.0. The van der Waals surface area contributed by atoms with Crippen LogP contribution in [0, 0.1) is 0 Å². The minimum Gasteiger partial charge on any atom is -0.272 e. The van der Waals surface area contributed by atoms with Crippen LogP contribution in [0.5, 0.6) is 0 Å². The highest BCUT2D eigenvalue weighted by molar-refractivity contribution is 6.30. The van der Waals surface area contributed by atoms with Gasteiger partial charge in [0, 0.05) is 21.5 Å². The zero-order valence-corrected chi connectivity index (χ0v) is 18.5. The van der Waals surface area contributed by atoms with Gasteiger partial charge in [0.1, 0.15) is 5.69 Å². The molecule has 0 unspecified atom stereocenters. The second-order valence-corrected chi connectivity index (χ2v) is 7.96. The van der Waals surface area contributed by atoms with Crippen LogP contribution in [-0.2, 0) is 0 Å². The number of benzene rings is 3. The van der Waals surface area contributed by atoms with E-state index in [9.17, 15) is 9.59 Å². The Morgan fingerprint density at radius 3 is 2.21 bits per heavy atom. The molecule has 0 spiro atoms. The largest absolute Gasteiger partial charge is 0.287 e. The molecule has 0 aliphatic rings. The molecule has 5 aromatic rings. The molecule has 3 N–H and O–H groups in total. The number of aromatic nitrogens is 3. The Hall–Kier alpha value is -4.49. The van der Waals surface area contributed by atoms with Gasteiger partial charge < -0.3 is 0 Å².